The number of allylic oxidation sites excluding steroid dienone is 6. The molecular weight excluding hydrogens is 1160 g/mol. The van der Waals surface area contributed by atoms with Crippen molar-refractivity contribution in [1.29, 1.82) is 0 Å². The van der Waals surface area contributed by atoms with Gasteiger partial charge in [0.25, 0.3) is 52.3 Å². The molecule has 2 amide bonds. The van der Waals surface area contributed by atoms with E-state index in [0.29, 0.717) is 62.2 Å². The average molecular weight is 1220 g/mol. The third kappa shape index (κ3) is 12.5. The van der Waals surface area contributed by atoms with E-state index in [1.54, 1.807) is 36.4 Å². The van der Waals surface area contributed by atoms with Crippen LogP contribution in [-0.2, 0) is 84.7 Å². The second-order valence-corrected chi connectivity index (χ2v) is 25.6. The number of ether oxygens (including phenoxy) is 4. The fourth-order valence-corrected chi connectivity index (χ4v) is 13.5. The number of fused-ring (bicyclic) bond motifs is 6. The van der Waals surface area contributed by atoms with Gasteiger partial charge in [0.05, 0.1) is 27.4 Å². The van der Waals surface area contributed by atoms with Crippen LogP contribution in [0.5, 0.6) is 0 Å². The van der Waals surface area contributed by atoms with Gasteiger partial charge in [0, 0.05) is 117 Å². The Kier molecular flexibility index (Phi) is 17.9. The summed E-state index contributed by atoms with van der Waals surface area (Å²) in [7, 11) is -14.4. The van der Waals surface area contributed by atoms with Gasteiger partial charge in [-0.3, -0.25) is 27.8 Å². The lowest BCUT2D eigenvalue weighted by atomic mass is 9.74. The molecule has 0 radical (unpaired) electrons. The Morgan fingerprint density at radius 3 is 1.71 bits per heavy atom. The third-order valence-electron chi connectivity index (χ3n) is 14.8. The quantitative estimate of drug-likeness (QED) is 0.0211. The Labute approximate surface area is 479 Å². The van der Waals surface area contributed by atoms with Crippen LogP contribution in [0.4, 0.5) is 11.4 Å². The standard InChI is InChI=1S/C56H57N3O20S4/c1-55(23-27-75-3)48(57(25-29-77-5)44-17-15-40-42(52(44)55)31-38(80(63,64)65)33-46(40)82(69,70)71)19-11-36(8-7-35-9-13-37(14-10-35)54(62)79-59-50(60)21-22-51(59)61)12-20-49-56(2,24-28-76-4)53-43-32-39(81(66,67)68)34-47(83(72,73)74)41(43)16-18-45(53)58(49)26-30-78-6/h9-20,31-34H,21-30H2,1-6H3,(H3-,63,64,65,66,67,68,69,70,71,72,73,74)/p+1. The highest BCUT2D eigenvalue weighted by molar-refractivity contribution is 7.87. The van der Waals surface area contributed by atoms with E-state index in [9.17, 15) is 66.3 Å². The fourth-order valence-electron chi connectivity index (χ4n) is 10.8. The Bertz CT molecular complexity index is 4170. The molecule has 2 unspecified atom stereocenters. The van der Waals surface area contributed by atoms with E-state index in [2.05, 4.69) is 11.8 Å². The maximum absolute atomic E-state index is 13.0. The van der Waals surface area contributed by atoms with Crippen LogP contribution >= 0.6 is 0 Å². The lowest BCUT2D eigenvalue weighted by Gasteiger charge is -2.30. The summed E-state index contributed by atoms with van der Waals surface area (Å²) in [6, 6.07) is 15.5. The zero-order valence-electron chi connectivity index (χ0n) is 45.6. The number of nitrogens with zero attached hydrogens (tertiary/aromatic N) is 3. The van der Waals surface area contributed by atoms with E-state index in [0.717, 1.165) is 12.1 Å². The largest absolute Gasteiger partial charge is 0.385 e. The molecule has 3 heterocycles. The average Bonchev–Trinajstić information content (AvgIpc) is 3.95. The van der Waals surface area contributed by atoms with Crippen LogP contribution in [0.2, 0.25) is 0 Å². The molecule has 23 nitrogen and oxygen atoms in total. The molecule has 5 aromatic carbocycles. The number of hydrogen-bond acceptors (Lipinski definition) is 17. The molecule has 83 heavy (non-hydrogen) atoms. The van der Waals surface area contributed by atoms with Crippen molar-refractivity contribution < 1.29 is 94.6 Å². The molecule has 5 aromatic rings. The van der Waals surface area contributed by atoms with E-state index in [-0.39, 0.29) is 92.3 Å². The van der Waals surface area contributed by atoms with Crippen LogP contribution in [0.25, 0.3) is 21.5 Å². The second-order valence-electron chi connectivity index (χ2n) is 20.0. The first-order chi connectivity index (χ1) is 39.0. The van der Waals surface area contributed by atoms with Crippen LogP contribution in [0.1, 0.15) is 66.6 Å². The molecule has 2 atom stereocenters. The van der Waals surface area contributed by atoms with Crippen LogP contribution in [0.3, 0.4) is 0 Å². The number of amides is 2. The minimum absolute atomic E-state index is 0.000633. The number of benzene rings is 5. The summed E-state index contributed by atoms with van der Waals surface area (Å²) in [5.41, 5.74) is 1.23. The van der Waals surface area contributed by atoms with Gasteiger partial charge in [-0.15, -0.1) is 5.06 Å². The van der Waals surface area contributed by atoms with Crippen molar-refractivity contribution in [3.05, 3.63) is 131 Å². The molecule has 27 heteroatoms. The Morgan fingerprint density at radius 2 is 1.18 bits per heavy atom. The molecule has 0 saturated carbocycles. The number of hydrogen-bond donors (Lipinski definition) is 4. The van der Waals surface area contributed by atoms with Gasteiger partial charge >= 0.3 is 5.97 Å². The predicted octanol–water partition coefficient (Wildman–Crippen LogP) is 6.12. The van der Waals surface area contributed by atoms with Gasteiger partial charge in [-0.25, -0.2) is 4.79 Å². The number of hydroxylamine groups is 2. The van der Waals surface area contributed by atoms with Gasteiger partial charge in [-0.2, -0.15) is 38.2 Å². The van der Waals surface area contributed by atoms with Crippen molar-refractivity contribution in [1.82, 2.24) is 5.06 Å². The number of carbonyl (C=O) groups is 3. The van der Waals surface area contributed by atoms with E-state index < -0.39 is 88.7 Å². The fraction of sp³-hybridized carbons (Fsp3) is 0.321. The Morgan fingerprint density at radius 1 is 0.651 bits per heavy atom. The molecule has 1 fully saturated rings. The first kappa shape index (κ1) is 62.0. The summed E-state index contributed by atoms with van der Waals surface area (Å²) < 4.78 is 168. The van der Waals surface area contributed by atoms with E-state index in [4.69, 9.17) is 23.8 Å². The minimum Gasteiger partial charge on any atom is -0.385 e. The predicted molar refractivity (Wildman–Crippen MR) is 301 cm³/mol. The van der Waals surface area contributed by atoms with E-state index >= 15 is 0 Å². The molecule has 0 aliphatic carbocycles. The molecule has 0 spiro atoms. The summed E-state index contributed by atoms with van der Waals surface area (Å²) in [5, 5.41) is 0.494. The molecule has 0 bridgehead atoms. The van der Waals surface area contributed by atoms with Crippen LogP contribution in [-0.4, -0.2) is 153 Å². The van der Waals surface area contributed by atoms with Gasteiger partial charge < -0.3 is 28.7 Å². The SMILES string of the molecule is COCCN1/C(=C/C=C(C#Cc2ccc(C(=O)ON3C(=O)CCC3=O)cc2)/C=C/C2=[N+](CCOC)c3ccc4c(S(=O)(=O)O)cc(S(=O)(=O)O)cc4c3C2(C)CCOC)C(C)(CCOC)c2c1ccc1c(S(=O)(=O)O)cc(S(=O)(=O)O)cc21. The molecule has 0 aromatic heterocycles. The van der Waals surface area contributed by atoms with Crippen molar-refractivity contribution in [2.75, 3.05) is 72.9 Å². The third-order valence-corrected chi connectivity index (χ3v) is 18.2. The summed E-state index contributed by atoms with van der Waals surface area (Å²) in [6.07, 6.45) is 7.05. The summed E-state index contributed by atoms with van der Waals surface area (Å²) in [6.45, 7) is 4.53. The highest BCUT2D eigenvalue weighted by Gasteiger charge is 2.50. The molecule has 3 aliphatic rings. The number of rotatable bonds is 21. The lowest BCUT2D eigenvalue weighted by molar-refractivity contribution is -0.441. The number of imide groups is 1. The second kappa shape index (κ2) is 23.9. The van der Waals surface area contributed by atoms with E-state index in [1.807, 2.05) is 23.3 Å². The number of methoxy groups -OCH3 is 4. The van der Waals surface area contributed by atoms with Crippen molar-refractivity contribution in [2.45, 2.75) is 69.9 Å². The van der Waals surface area contributed by atoms with E-state index in [1.165, 1.54) is 64.8 Å². The highest BCUT2D eigenvalue weighted by Crippen LogP contribution is 2.54. The van der Waals surface area contributed by atoms with Crippen LogP contribution < -0.4 is 4.90 Å². The molecule has 440 valence electrons. The van der Waals surface area contributed by atoms with Gasteiger partial charge in [0.2, 0.25) is 5.69 Å². The highest BCUT2D eigenvalue weighted by atomic mass is 32.2. The topological polar surface area (TPSA) is 324 Å². The minimum atomic E-state index is -5.09. The zero-order chi connectivity index (χ0) is 60.6. The molecule has 4 N–H and O–H groups in total. The molecule has 8 rings (SSSR count). The van der Waals surface area contributed by atoms with Gasteiger partial charge in [-0.1, -0.05) is 17.9 Å². The van der Waals surface area contributed by atoms with Gasteiger partial charge in [0.15, 0.2) is 12.3 Å². The van der Waals surface area contributed by atoms with Crippen molar-refractivity contribution in [2.24, 2.45) is 0 Å². The monoisotopic (exact) mass is 1220 g/mol. The van der Waals surface area contributed by atoms with Crippen LogP contribution in [0.15, 0.2) is 128 Å². The molecule has 3 aliphatic heterocycles. The summed E-state index contributed by atoms with van der Waals surface area (Å²) in [4.78, 5) is 41.2. The zero-order valence-corrected chi connectivity index (χ0v) is 48.9. The first-order valence-corrected chi connectivity index (χ1v) is 31.1. The molecular formula is C56H58N3O20S4+. The molecule has 1 saturated heterocycles. The van der Waals surface area contributed by atoms with Crippen molar-refractivity contribution in [3.63, 3.8) is 0 Å². The van der Waals surface area contributed by atoms with Crippen LogP contribution in [0, 0.1) is 11.8 Å². The summed E-state index contributed by atoms with van der Waals surface area (Å²) in [5.74, 6) is 4.02. The number of anilines is 1. The lowest BCUT2D eigenvalue weighted by Crippen LogP contribution is -2.33. The summed E-state index contributed by atoms with van der Waals surface area (Å²) >= 11 is 0. The van der Waals surface area contributed by atoms with Gasteiger partial charge in [0.1, 0.15) is 16.4 Å². The normalized spacial score (nSPS) is 19.2. The van der Waals surface area contributed by atoms with Gasteiger partial charge in [-0.05, 0) is 122 Å². The maximum Gasteiger partial charge on any atom is 0.363 e. The maximum atomic E-state index is 13.0. The Balaban J connectivity index is 1.37. The van der Waals surface area contributed by atoms with Crippen molar-refractivity contribution >= 4 is 96.9 Å². The van der Waals surface area contributed by atoms with Crippen molar-refractivity contribution in [3.8, 4) is 11.8 Å². The Hall–Kier alpha value is -7.04. The first-order valence-electron chi connectivity index (χ1n) is 25.3. The smallest absolute Gasteiger partial charge is 0.363 e. The number of carbonyl (C=O) groups excluding carboxylic acids is 3.